The number of para-hydroxylation sites is 1. The van der Waals surface area contributed by atoms with E-state index in [0.29, 0.717) is 23.2 Å². The van der Waals surface area contributed by atoms with Crippen LogP contribution in [0.25, 0.3) is 11.1 Å². The zero-order chi connectivity index (χ0) is 20.3. The van der Waals surface area contributed by atoms with Crippen LogP contribution in [-0.4, -0.2) is 0 Å². The first kappa shape index (κ1) is 20.3. The van der Waals surface area contributed by atoms with E-state index in [4.69, 9.17) is 11.6 Å². The molecule has 146 valence electrons. The third-order valence-corrected chi connectivity index (χ3v) is 4.67. The van der Waals surface area contributed by atoms with E-state index in [9.17, 15) is 13.2 Å². The van der Waals surface area contributed by atoms with Gasteiger partial charge in [-0.1, -0.05) is 61.8 Å². The summed E-state index contributed by atoms with van der Waals surface area (Å²) in [6.07, 6.45) is -3.86. The Morgan fingerprint density at radius 1 is 0.857 bits per heavy atom. The molecule has 0 aliphatic rings. The molecule has 0 aliphatic carbocycles. The highest BCUT2D eigenvalue weighted by Crippen LogP contribution is 2.41. The van der Waals surface area contributed by atoms with Gasteiger partial charge in [0, 0.05) is 16.9 Å². The summed E-state index contributed by atoms with van der Waals surface area (Å²) in [4.78, 5) is 0. The third kappa shape index (κ3) is 4.87. The summed E-state index contributed by atoms with van der Waals surface area (Å²) in [5, 5.41) is 3.46. The number of anilines is 2. The van der Waals surface area contributed by atoms with Crippen molar-refractivity contribution in [1.82, 2.24) is 0 Å². The average Bonchev–Trinajstić information content (AvgIpc) is 2.62. The Hall–Kier alpha value is -2.46. The number of hydrogen-bond acceptors (Lipinski definition) is 1. The molecular formula is C23H21ClF3N. The standard InChI is InChI=1S/C23H21ClF3N/c1-15(2)12-16-8-10-19(21(13-16)23(25,26)27)20-11-9-18(14-22(20)24)28-17-6-4-3-5-7-17/h3-11,13-15,28H,12H2,1-2H3. The van der Waals surface area contributed by atoms with Gasteiger partial charge in [0.1, 0.15) is 0 Å². The molecule has 3 rings (SSSR count). The Bertz CT molecular complexity index is 950. The summed E-state index contributed by atoms with van der Waals surface area (Å²) in [6, 6.07) is 19.0. The van der Waals surface area contributed by atoms with Crippen molar-refractivity contribution in [2.24, 2.45) is 5.92 Å². The zero-order valence-electron chi connectivity index (χ0n) is 15.6. The van der Waals surface area contributed by atoms with Gasteiger partial charge in [-0.25, -0.2) is 0 Å². The molecular weight excluding hydrogens is 383 g/mol. The van der Waals surface area contributed by atoms with E-state index in [2.05, 4.69) is 5.32 Å². The highest BCUT2D eigenvalue weighted by Gasteiger charge is 2.34. The van der Waals surface area contributed by atoms with Gasteiger partial charge in [-0.15, -0.1) is 0 Å². The van der Waals surface area contributed by atoms with Crippen LogP contribution in [0.4, 0.5) is 24.5 Å². The molecule has 3 aromatic carbocycles. The Morgan fingerprint density at radius 3 is 2.14 bits per heavy atom. The SMILES string of the molecule is CC(C)Cc1ccc(-c2ccc(Nc3ccccc3)cc2Cl)c(C(F)(F)F)c1. The molecule has 0 heterocycles. The first-order valence-electron chi connectivity index (χ1n) is 9.06. The first-order chi connectivity index (χ1) is 13.2. The van der Waals surface area contributed by atoms with Crippen LogP contribution < -0.4 is 5.32 Å². The van der Waals surface area contributed by atoms with E-state index in [1.807, 2.05) is 44.2 Å². The van der Waals surface area contributed by atoms with Gasteiger partial charge >= 0.3 is 6.18 Å². The summed E-state index contributed by atoms with van der Waals surface area (Å²) in [6.45, 7) is 3.97. The van der Waals surface area contributed by atoms with Crippen molar-refractivity contribution in [3.63, 3.8) is 0 Å². The van der Waals surface area contributed by atoms with E-state index in [1.165, 1.54) is 12.1 Å². The predicted octanol–water partition coefficient (Wildman–Crippen LogP) is 7.97. The fraction of sp³-hybridized carbons (Fsp3) is 0.217. The van der Waals surface area contributed by atoms with Crippen molar-refractivity contribution in [2.75, 3.05) is 5.32 Å². The van der Waals surface area contributed by atoms with E-state index in [0.717, 1.165) is 5.69 Å². The lowest BCUT2D eigenvalue weighted by atomic mass is 9.94. The van der Waals surface area contributed by atoms with Crippen LogP contribution in [0.15, 0.2) is 66.7 Å². The Balaban J connectivity index is 1.98. The normalized spacial score (nSPS) is 11.7. The number of halogens is 4. The highest BCUT2D eigenvalue weighted by molar-refractivity contribution is 6.33. The lowest BCUT2D eigenvalue weighted by Gasteiger charge is -2.17. The first-order valence-corrected chi connectivity index (χ1v) is 9.44. The van der Waals surface area contributed by atoms with Crippen molar-refractivity contribution >= 4 is 23.0 Å². The minimum Gasteiger partial charge on any atom is -0.355 e. The zero-order valence-corrected chi connectivity index (χ0v) is 16.4. The van der Waals surface area contributed by atoms with E-state index in [1.54, 1.807) is 24.3 Å². The lowest BCUT2D eigenvalue weighted by Crippen LogP contribution is -2.09. The van der Waals surface area contributed by atoms with Crippen molar-refractivity contribution in [2.45, 2.75) is 26.4 Å². The second kappa shape index (κ2) is 8.27. The van der Waals surface area contributed by atoms with Crippen LogP contribution in [0.3, 0.4) is 0 Å². The molecule has 1 nitrogen and oxygen atoms in total. The molecule has 0 spiro atoms. The molecule has 0 aromatic heterocycles. The van der Waals surface area contributed by atoms with Crippen LogP contribution >= 0.6 is 11.6 Å². The summed E-state index contributed by atoms with van der Waals surface area (Å²) < 4.78 is 41.1. The van der Waals surface area contributed by atoms with Gasteiger partial charge in [-0.3, -0.25) is 0 Å². The van der Waals surface area contributed by atoms with Crippen molar-refractivity contribution in [1.29, 1.82) is 0 Å². The van der Waals surface area contributed by atoms with Gasteiger partial charge < -0.3 is 5.32 Å². The van der Waals surface area contributed by atoms with Crippen LogP contribution in [0.5, 0.6) is 0 Å². The van der Waals surface area contributed by atoms with Crippen LogP contribution in [0.1, 0.15) is 25.0 Å². The van der Waals surface area contributed by atoms with Crippen LogP contribution in [0, 0.1) is 5.92 Å². The van der Waals surface area contributed by atoms with Gasteiger partial charge in [-0.05, 0) is 53.8 Å². The molecule has 5 heteroatoms. The Kier molecular flexibility index (Phi) is 5.99. The average molecular weight is 404 g/mol. The maximum atomic E-state index is 13.7. The fourth-order valence-electron chi connectivity index (χ4n) is 3.16. The number of hydrogen-bond donors (Lipinski definition) is 1. The summed E-state index contributed by atoms with van der Waals surface area (Å²) in [5.41, 5.74) is 2.06. The summed E-state index contributed by atoms with van der Waals surface area (Å²) in [7, 11) is 0. The highest BCUT2D eigenvalue weighted by atomic mass is 35.5. The van der Waals surface area contributed by atoms with Gasteiger partial charge in [0.2, 0.25) is 0 Å². The number of rotatable bonds is 5. The molecule has 0 amide bonds. The Labute approximate surface area is 168 Å². The van der Waals surface area contributed by atoms with E-state index >= 15 is 0 Å². The second-order valence-corrected chi connectivity index (χ2v) is 7.57. The minimum absolute atomic E-state index is 0.0938. The van der Waals surface area contributed by atoms with E-state index in [-0.39, 0.29) is 16.5 Å². The molecule has 0 aliphatic heterocycles. The largest absolute Gasteiger partial charge is 0.417 e. The van der Waals surface area contributed by atoms with Crippen LogP contribution in [0.2, 0.25) is 5.02 Å². The van der Waals surface area contributed by atoms with Gasteiger partial charge in [0.25, 0.3) is 0 Å². The Morgan fingerprint density at radius 2 is 1.54 bits per heavy atom. The van der Waals surface area contributed by atoms with Crippen molar-refractivity contribution in [3.8, 4) is 11.1 Å². The molecule has 0 fully saturated rings. The third-order valence-electron chi connectivity index (χ3n) is 4.36. The molecule has 0 bridgehead atoms. The van der Waals surface area contributed by atoms with E-state index < -0.39 is 11.7 Å². The molecule has 0 unspecified atom stereocenters. The topological polar surface area (TPSA) is 12.0 Å². The number of nitrogens with one attached hydrogen (secondary N) is 1. The van der Waals surface area contributed by atoms with Crippen molar-refractivity contribution in [3.05, 3.63) is 82.9 Å². The maximum absolute atomic E-state index is 13.7. The van der Waals surface area contributed by atoms with Crippen molar-refractivity contribution < 1.29 is 13.2 Å². The number of alkyl halides is 3. The molecule has 0 saturated heterocycles. The van der Waals surface area contributed by atoms with Crippen LogP contribution in [-0.2, 0) is 12.6 Å². The number of benzene rings is 3. The smallest absolute Gasteiger partial charge is 0.355 e. The maximum Gasteiger partial charge on any atom is 0.417 e. The second-order valence-electron chi connectivity index (χ2n) is 7.16. The monoisotopic (exact) mass is 403 g/mol. The van der Waals surface area contributed by atoms with Gasteiger partial charge in [0.05, 0.1) is 10.6 Å². The quantitative estimate of drug-likeness (QED) is 0.455. The molecule has 3 aromatic rings. The molecule has 28 heavy (non-hydrogen) atoms. The van der Waals surface area contributed by atoms with Gasteiger partial charge in [0.15, 0.2) is 0 Å². The fourth-order valence-corrected chi connectivity index (χ4v) is 3.44. The molecule has 1 N–H and O–H groups in total. The molecule has 0 atom stereocenters. The van der Waals surface area contributed by atoms with Gasteiger partial charge in [-0.2, -0.15) is 13.2 Å². The summed E-state index contributed by atoms with van der Waals surface area (Å²) >= 11 is 6.37. The molecule has 0 saturated carbocycles. The molecule has 0 radical (unpaired) electrons. The minimum atomic E-state index is -4.45. The predicted molar refractivity (Wildman–Crippen MR) is 110 cm³/mol. The lowest BCUT2D eigenvalue weighted by molar-refractivity contribution is -0.137. The summed E-state index contributed by atoms with van der Waals surface area (Å²) in [5.74, 6) is 0.277.